The molecule has 2 saturated heterocycles. The smallest absolute Gasteiger partial charge is 0.126 e. The van der Waals surface area contributed by atoms with E-state index in [1.807, 2.05) is 6.07 Å². The molecule has 3 aliphatic rings. The number of hydrogen-bond donors (Lipinski definition) is 0. The lowest BCUT2D eigenvalue weighted by molar-refractivity contribution is -0.169. The summed E-state index contributed by atoms with van der Waals surface area (Å²) in [6.07, 6.45) is 2.09. The van der Waals surface area contributed by atoms with Gasteiger partial charge in [0.15, 0.2) is 0 Å². The van der Waals surface area contributed by atoms with Crippen LogP contribution in [0.15, 0.2) is 24.3 Å². The molecule has 0 aromatic heterocycles. The topological polar surface area (TPSA) is 24.9 Å². The SMILES string of the molecule is CN1CCN(CC#C[C@@]2(C)CC[C@H]3[C@@H](O2)c2ccccc2OC3(C)C)CC1. The highest BCUT2D eigenvalue weighted by Crippen LogP contribution is 2.52. The third kappa shape index (κ3) is 3.87. The fourth-order valence-corrected chi connectivity index (χ4v) is 4.60. The van der Waals surface area contributed by atoms with Crippen LogP contribution in [0.5, 0.6) is 5.75 Å². The summed E-state index contributed by atoms with van der Waals surface area (Å²) in [5, 5.41) is 0. The van der Waals surface area contributed by atoms with E-state index in [0.29, 0.717) is 5.92 Å². The largest absolute Gasteiger partial charge is 0.487 e. The van der Waals surface area contributed by atoms with Crippen molar-refractivity contribution in [1.82, 2.24) is 9.80 Å². The highest BCUT2D eigenvalue weighted by molar-refractivity contribution is 5.39. The zero-order chi connectivity index (χ0) is 19.1. The van der Waals surface area contributed by atoms with Crippen molar-refractivity contribution >= 4 is 0 Å². The van der Waals surface area contributed by atoms with Crippen molar-refractivity contribution in [2.75, 3.05) is 39.8 Å². The van der Waals surface area contributed by atoms with E-state index in [9.17, 15) is 0 Å². The molecule has 0 saturated carbocycles. The number of nitrogens with zero attached hydrogens (tertiary/aromatic N) is 2. The Morgan fingerprint density at radius 1 is 1.11 bits per heavy atom. The molecule has 0 spiro atoms. The van der Waals surface area contributed by atoms with Crippen molar-refractivity contribution in [3.8, 4) is 17.6 Å². The zero-order valence-corrected chi connectivity index (χ0v) is 17.1. The van der Waals surface area contributed by atoms with Gasteiger partial charge in [-0.2, -0.15) is 0 Å². The quantitative estimate of drug-likeness (QED) is 0.710. The molecule has 146 valence electrons. The van der Waals surface area contributed by atoms with E-state index >= 15 is 0 Å². The van der Waals surface area contributed by atoms with Gasteiger partial charge in [-0.05, 0) is 46.7 Å². The third-order valence-corrected chi connectivity index (χ3v) is 6.43. The van der Waals surface area contributed by atoms with Crippen molar-refractivity contribution in [3.05, 3.63) is 29.8 Å². The third-order valence-electron chi connectivity index (χ3n) is 6.43. The molecular weight excluding hydrogens is 336 g/mol. The average Bonchev–Trinajstić information content (AvgIpc) is 2.63. The number of hydrogen-bond acceptors (Lipinski definition) is 4. The van der Waals surface area contributed by atoms with Crippen molar-refractivity contribution in [1.29, 1.82) is 0 Å². The van der Waals surface area contributed by atoms with Gasteiger partial charge < -0.3 is 14.4 Å². The number of fused-ring (bicyclic) bond motifs is 3. The molecule has 1 aromatic carbocycles. The van der Waals surface area contributed by atoms with Crippen LogP contribution in [0, 0.1) is 17.8 Å². The van der Waals surface area contributed by atoms with Crippen molar-refractivity contribution < 1.29 is 9.47 Å². The average molecular weight is 369 g/mol. The van der Waals surface area contributed by atoms with E-state index in [-0.39, 0.29) is 17.3 Å². The van der Waals surface area contributed by atoms with E-state index in [1.165, 1.54) is 5.56 Å². The van der Waals surface area contributed by atoms with E-state index in [2.05, 4.69) is 67.7 Å². The van der Waals surface area contributed by atoms with Crippen LogP contribution in [0.1, 0.15) is 45.3 Å². The molecule has 0 aliphatic carbocycles. The minimum atomic E-state index is -0.381. The minimum absolute atomic E-state index is 0.0571. The Morgan fingerprint density at radius 2 is 1.85 bits per heavy atom. The predicted molar refractivity (Wildman–Crippen MR) is 108 cm³/mol. The van der Waals surface area contributed by atoms with Crippen LogP contribution >= 0.6 is 0 Å². The molecule has 4 heteroatoms. The molecule has 2 fully saturated rings. The van der Waals surface area contributed by atoms with E-state index < -0.39 is 0 Å². The lowest BCUT2D eigenvalue weighted by atomic mass is 9.73. The molecule has 4 nitrogen and oxygen atoms in total. The molecular formula is C23H32N2O2. The molecule has 1 aromatic rings. The van der Waals surface area contributed by atoms with Crippen LogP contribution < -0.4 is 4.74 Å². The first-order chi connectivity index (χ1) is 12.9. The molecule has 0 unspecified atom stereocenters. The minimum Gasteiger partial charge on any atom is -0.487 e. The molecule has 27 heavy (non-hydrogen) atoms. The Kier molecular flexibility index (Phi) is 4.96. The Bertz CT molecular complexity index is 742. The number of para-hydroxylation sites is 1. The molecule has 0 amide bonds. The maximum Gasteiger partial charge on any atom is 0.126 e. The molecule has 4 rings (SSSR count). The first kappa shape index (κ1) is 18.8. The van der Waals surface area contributed by atoms with Gasteiger partial charge in [-0.3, -0.25) is 4.90 Å². The number of ether oxygens (including phenoxy) is 2. The maximum atomic E-state index is 6.67. The van der Waals surface area contributed by atoms with Gasteiger partial charge in [-0.15, -0.1) is 0 Å². The number of piperazine rings is 1. The summed E-state index contributed by atoms with van der Waals surface area (Å²) >= 11 is 0. The number of benzene rings is 1. The van der Waals surface area contributed by atoms with E-state index in [0.717, 1.165) is 51.3 Å². The van der Waals surface area contributed by atoms with Crippen LogP contribution in [-0.4, -0.2) is 60.8 Å². The Balaban J connectivity index is 1.49. The number of rotatable bonds is 1. The van der Waals surface area contributed by atoms with Gasteiger partial charge in [0.2, 0.25) is 0 Å². The fraction of sp³-hybridized carbons (Fsp3) is 0.652. The van der Waals surface area contributed by atoms with Gasteiger partial charge in [0.25, 0.3) is 0 Å². The van der Waals surface area contributed by atoms with Gasteiger partial charge in [0.1, 0.15) is 17.0 Å². The molecule has 3 atom stereocenters. The van der Waals surface area contributed by atoms with Crippen LogP contribution in [0.4, 0.5) is 0 Å². The molecule has 0 bridgehead atoms. The molecule has 3 aliphatic heterocycles. The molecule has 0 radical (unpaired) electrons. The monoisotopic (exact) mass is 368 g/mol. The first-order valence-corrected chi connectivity index (χ1v) is 10.2. The second-order valence-corrected chi connectivity index (χ2v) is 9.04. The standard InChI is InChI=1S/C23H32N2O2/c1-22(2)19-10-12-23(3,11-7-13-25-16-14-24(4)15-17-25)27-21(19)18-8-5-6-9-20(18)26-22/h5-6,8-9,19,21H,10,12-17H2,1-4H3/t19-,21-,23-/m0/s1. The molecule has 0 N–H and O–H groups in total. The Morgan fingerprint density at radius 3 is 2.63 bits per heavy atom. The summed E-state index contributed by atoms with van der Waals surface area (Å²) in [7, 11) is 2.18. The summed E-state index contributed by atoms with van der Waals surface area (Å²) in [6.45, 7) is 11.8. The maximum absolute atomic E-state index is 6.67. The lowest BCUT2D eigenvalue weighted by Crippen LogP contribution is -2.51. The van der Waals surface area contributed by atoms with Crippen LogP contribution in [-0.2, 0) is 4.74 Å². The highest BCUT2D eigenvalue weighted by atomic mass is 16.5. The van der Waals surface area contributed by atoms with Crippen molar-refractivity contribution in [3.63, 3.8) is 0 Å². The lowest BCUT2D eigenvalue weighted by Gasteiger charge is -2.50. The Labute approximate surface area is 163 Å². The fourth-order valence-electron chi connectivity index (χ4n) is 4.60. The van der Waals surface area contributed by atoms with Gasteiger partial charge in [0, 0.05) is 37.7 Å². The second-order valence-electron chi connectivity index (χ2n) is 9.04. The summed E-state index contributed by atoms with van der Waals surface area (Å²) in [5.41, 5.74) is 0.579. The Hall–Kier alpha value is -1.54. The predicted octanol–water partition coefficient (Wildman–Crippen LogP) is 3.33. The van der Waals surface area contributed by atoms with Gasteiger partial charge in [-0.1, -0.05) is 30.0 Å². The summed E-state index contributed by atoms with van der Waals surface area (Å²) in [5.74, 6) is 8.22. The summed E-state index contributed by atoms with van der Waals surface area (Å²) < 4.78 is 13.0. The van der Waals surface area contributed by atoms with E-state index in [1.54, 1.807) is 0 Å². The van der Waals surface area contributed by atoms with Crippen LogP contribution in [0.3, 0.4) is 0 Å². The zero-order valence-electron chi connectivity index (χ0n) is 17.1. The highest BCUT2D eigenvalue weighted by Gasteiger charge is 2.49. The van der Waals surface area contributed by atoms with E-state index in [4.69, 9.17) is 9.47 Å². The normalized spacial score (nSPS) is 33.2. The number of likely N-dealkylation sites (N-methyl/N-ethyl adjacent to an activating group) is 1. The summed E-state index contributed by atoms with van der Waals surface area (Å²) in [6, 6.07) is 8.31. The van der Waals surface area contributed by atoms with Gasteiger partial charge in [-0.25, -0.2) is 0 Å². The molecule has 3 heterocycles. The summed E-state index contributed by atoms with van der Waals surface area (Å²) in [4.78, 5) is 4.81. The van der Waals surface area contributed by atoms with Crippen molar-refractivity contribution in [2.24, 2.45) is 5.92 Å². The first-order valence-electron chi connectivity index (χ1n) is 10.2. The van der Waals surface area contributed by atoms with Crippen LogP contribution in [0.25, 0.3) is 0 Å². The van der Waals surface area contributed by atoms with Crippen molar-refractivity contribution in [2.45, 2.75) is 50.9 Å². The van der Waals surface area contributed by atoms with Gasteiger partial charge >= 0.3 is 0 Å². The van der Waals surface area contributed by atoms with Crippen LogP contribution in [0.2, 0.25) is 0 Å². The van der Waals surface area contributed by atoms with Gasteiger partial charge in [0.05, 0.1) is 12.6 Å². The second kappa shape index (κ2) is 7.13.